The van der Waals surface area contributed by atoms with Gasteiger partial charge >= 0.3 is 0 Å². The molecule has 80 valence electrons. The Bertz CT molecular complexity index is 343. The van der Waals surface area contributed by atoms with Crippen LogP contribution in [0, 0.1) is 0 Å². The average molecular weight is 208 g/mol. The monoisotopic (exact) mass is 208 g/mol. The molecule has 3 heteroatoms. The van der Waals surface area contributed by atoms with Gasteiger partial charge in [0.05, 0.1) is 0 Å². The first-order valence-corrected chi connectivity index (χ1v) is 5.39. The van der Waals surface area contributed by atoms with E-state index < -0.39 is 12.0 Å². The number of hydrogen-bond acceptors (Lipinski definition) is 2. The van der Waals surface area contributed by atoms with E-state index in [-0.39, 0.29) is 0 Å². The van der Waals surface area contributed by atoms with Crippen molar-refractivity contribution in [2.24, 2.45) is 0 Å². The molecule has 1 aliphatic heterocycles. The van der Waals surface area contributed by atoms with Crippen molar-refractivity contribution < 1.29 is 13.9 Å². The second-order valence-electron chi connectivity index (χ2n) is 4.24. The van der Waals surface area contributed by atoms with Crippen LogP contribution in [0.3, 0.4) is 0 Å². The highest BCUT2D eigenvalue weighted by Crippen LogP contribution is 2.45. The minimum absolute atomic E-state index is 0.536. The van der Waals surface area contributed by atoms with Crippen LogP contribution in [-0.4, -0.2) is 12.0 Å². The van der Waals surface area contributed by atoms with Gasteiger partial charge in [-0.2, -0.15) is 0 Å². The Labute approximate surface area is 88.0 Å². The highest BCUT2D eigenvalue weighted by Gasteiger charge is 2.44. The Morgan fingerprint density at radius 2 is 1.60 bits per heavy atom. The van der Waals surface area contributed by atoms with Gasteiger partial charge in [-0.15, -0.1) is 0 Å². The predicted molar refractivity (Wildman–Crippen MR) is 53.8 cm³/mol. The number of benzene rings is 1. The summed E-state index contributed by atoms with van der Waals surface area (Å²) in [7, 11) is 0. The van der Waals surface area contributed by atoms with Crippen molar-refractivity contribution in [3.8, 4) is 11.5 Å². The molecule has 0 saturated heterocycles. The van der Waals surface area contributed by atoms with Crippen LogP contribution in [0.1, 0.15) is 25.7 Å². The van der Waals surface area contributed by atoms with Gasteiger partial charge in [0, 0.05) is 12.8 Å². The smallest absolute Gasteiger partial charge is 0.251 e. The maximum atomic E-state index is 13.0. The number of halogens is 1. The Morgan fingerprint density at radius 3 is 2.13 bits per heavy atom. The van der Waals surface area contributed by atoms with Crippen LogP contribution in [0.5, 0.6) is 11.5 Å². The lowest BCUT2D eigenvalue weighted by Crippen LogP contribution is -2.42. The normalized spacial score (nSPS) is 23.3. The van der Waals surface area contributed by atoms with Gasteiger partial charge in [0.15, 0.2) is 11.5 Å². The summed E-state index contributed by atoms with van der Waals surface area (Å²) >= 11 is 0. The van der Waals surface area contributed by atoms with Gasteiger partial charge in [-0.1, -0.05) is 12.1 Å². The number of fused-ring (bicyclic) bond motifs is 1. The summed E-state index contributed by atoms with van der Waals surface area (Å²) < 4.78 is 24.6. The van der Waals surface area contributed by atoms with E-state index in [1.807, 2.05) is 24.3 Å². The first-order chi connectivity index (χ1) is 7.27. The van der Waals surface area contributed by atoms with Crippen LogP contribution in [0.4, 0.5) is 4.39 Å². The van der Waals surface area contributed by atoms with Crippen LogP contribution in [0.2, 0.25) is 0 Å². The third-order valence-electron chi connectivity index (χ3n) is 3.12. The van der Waals surface area contributed by atoms with E-state index in [0.29, 0.717) is 25.7 Å². The molecule has 0 radical (unpaired) electrons. The van der Waals surface area contributed by atoms with Crippen molar-refractivity contribution in [1.29, 1.82) is 0 Å². The molecule has 0 unspecified atom stereocenters. The molecule has 1 spiro atoms. The lowest BCUT2D eigenvalue weighted by molar-refractivity contribution is -0.115. The highest BCUT2D eigenvalue weighted by molar-refractivity contribution is 5.42. The van der Waals surface area contributed by atoms with Crippen molar-refractivity contribution >= 4 is 0 Å². The van der Waals surface area contributed by atoms with Crippen LogP contribution in [-0.2, 0) is 0 Å². The Hall–Kier alpha value is -1.25. The summed E-state index contributed by atoms with van der Waals surface area (Å²) in [5.74, 6) is 0.997. The number of rotatable bonds is 0. The number of hydrogen-bond donors (Lipinski definition) is 0. The fourth-order valence-corrected chi connectivity index (χ4v) is 2.27. The van der Waals surface area contributed by atoms with Gasteiger partial charge < -0.3 is 9.47 Å². The standard InChI is InChI=1S/C12H13FO2/c13-9-5-7-12(8-6-9)14-10-3-1-2-4-11(10)15-12/h1-4,9H,5-8H2. The van der Waals surface area contributed by atoms with Gasteiger partial charge in [-0.25, -0.2) is 4.39 Å². The first kappa shape index (κ1) is 9.01. The van der Waals surface area contributed by atoms with E-state index in [9.17, 15) is 4.39 Å². The summed E-state index contributed by atoms with van der Waals surface area (Å²) in [6.07, 6.45) is 1.67. The van der Waals surface area contributed by atoms with E-state index in [2.05, 4.69) is 0 Å². The van der Waals surface area contributed by atoms with Crippen LogP contribution < -0.4 is 9.47 Å². The third kappa shape index (κ3) is 1.46. The molecule has 0 atom stereocenters. The number of alkyl halides is 1. The van der Waals surface area contributed by atoms with Crippen LogP contribution >= 0.6 is 0 Å². The molecule has 2 nitrogen and oxygen atoms in total. The molecule has 1 aliphatic carbocycles. The Kier molecular flexibility index (Phi) is 1.87. The summed E-state index contributed by atoms with van der Waals surface area (Å²) in [6.45, 7) is 0. The molecule has 1 saturated carbocycles. The molecular formula is C12H13FO2. The summed E-state index contributed by atoms with van der Waals surface area (Å²) in [5.41, 5.74) is 0. The third-order valence-corrected chi connectivity index (χ3v) is 3.12. The van der Waals surface area contributed by atoms with Crippen LogP contribution in [0.25, 0.3) is 0 Å². The molecule has 3 rings (SSSR count). The fourth-order valence-electron chi connectivity index (χ4n) is 2.27. The Morgan fingerprint density at radius 1 is 1.07 bits per heavy atom. The lowest BCUT2D eigenvalue weighted by atomic mass is 9.93. The van der Waals surface area contributed by atoms with Gasteiger partial charge in [0.25, 0.3) is 5.79 Å². The molecule has 1 heterocycles. The number of ether oxygens (including phenoxy) is 2. The largest absolute Gasteiger partial charge is 0.448 e. The van der Waals surface area contributed by atoms with Gasteiger partial charge in [0.1, 0.15) is 6.17 Å². The highest BCUT2D eigenvalue weighted by atomic mass is 19.1. The average Bonchev–Trinajstić information content (AvgIpc) is 2.61. The van der Waals surface area contributed by atoms with Crippen molar-refractivity contribution in [2.45, 2.75) is 37.6 Å². The second-order valence-corrected chi connectivity index (χ2v) is 4.24. The summed E-state index contributed by atoms with van der Waals surface area (Å²) in [5, 5.41) is 0. The van der Waals surface area contributed by atoms with E-state index in [0.717, 1.165) is 11.5 Å². The lowest BCUT2D eigenvalue weighted by Gasteiger charge is -2.32. The van der Waals surface area contributed by atoms with Crippen molar-refractivity contribution in [3.05, 3.63) is 24.3 Å². The van der Waals surface area contributed by atoms with Crippen molar-refractivity contribution in [1.82, 2.24) is 0 Å². The zero-order chi connectivity index (χ0) is 10.3. The fraction of sp³-hybridized carbons (Fsp3) is 0.500. The predicted octanol–water partition coefficient (Wildman–Crippen LogP) is 3.07. The molecule has 1 fully saturated rings. The molecule has 0 aromatic heterocycles. The van der Waals surface area contributed by atoms with Crippen molar-refractivity contribution in [3.63, 3.8) is 0 Å². The van der Waals surface area contributed by atoms with E-state index in [1.165, 1.54) is 0 Å². The quantitative estimate of drug-likeness (QED) is 0.652. The topological polar surface area (TPSA) is 18.5 Å². The molecule has 0 N–H and O–H groups in total. The van der Waals surface area contributed by atoms with Gasteiger partial charge in [0.2, 0.25) is 0 Å². The second kappa shape index (κ2) is 3.12. The minimum Gasteiger partial charge on any atom is -0.448 e. The minimum atomic E-state index is -0.688. The van der Waals surface area contributed by atoms with Gasteiger partial charge in [-0.05, 0) is 25.0 Å². The van der Waals surface area contributed by atoms with E-state index in [4.69, 9.17) is 9.47 Å². The zero-order valence-corrected chi connectivity index (χ0v) is 8.41. The molecule has 1 aromatic rings. The molecule has 2 aliphatic rings. The summed E-state index contributed by atoms with van der Waals surface area (Å²) in [4.78, 5) is 0. The molecule has 1 aromatic carbocycles. The SMILES string of the molecule is FC1CCC2(CC1)Oc1ccccc1O2. The Balaban J connectivity index is 1.83. The van der Waals surface area contributed by atoms with E-state index in [1.54, 1.807) is 0 Å². The molecular weight excluding hydrogens is 195 g/mol. The van der Waals surface area contributed by atoms with Crippen LogP contribution in [0.15, 0.2) is 24.3 Å². The maximum Gasteiger partial charge on any atom is 0.251 e. The summed E-state index contributed by atoms with van der Waals surface area (Å²) in [6, 6.07) is 7.63. The molecule has 0 amide bonds. The number of para-hydroxylation sites is 2. The molecule has 15 heavy (non-hydrogen) atoms. The maximum absolute atomic E-state index is 13.0. The van der Waals surface area contributed by atoms with Crippen molar-refractivity contribution in [2.75, 3.05) is 0 Å². The zero-order valence-electron chi connectivity index (χ0n) is 8.41. The van der Waals surface area contributed by atoms with E-state index >= 15 is 0 Å². The first-order valence-electron chi connectivity index (χ1n) is 5.39. The molecule has 0 bridgehead atoms. The van der Waals surface area contributed by atoms with Gasteiger partial charge in [-0.3, -0.25) is 0 Å².